The number of alkyl carbamates (subject to hydrolysis) is 1. The Morgan fingerprint density at radius 3 is 1.70 bits per heavy atom. The second-order valence-electron chi connectivity index (χ2n) is 15.6. The molecule has 0 radical (unpaired) electrons. The zero-order chi connectivity index (χ0) is 43.4. The van der Waals surface area contributed by atoms with Crippen molar-refractivity contribution in [1.29, 1.82) is 0 Å². The number of esters is 1. The number of ether oxygens (including phenoxy) is 2. The maximum absolute atomic E-state index is 13.5. The summed E-state index contributed by atoms with van der Waals surface area (Å²) in [4.78, 5) is 92.1. The number of rotatable bonds is 18. The molecule has 0 bridgehead atoms. The first-order valence-corrected chi connectivity index (χ1v) is 19.8. The van der Waals surface area contributed by atoms with Crippen molar-refractivity contribution in [3.8, 4) is 0 Å². The third kappa shape index (κ3) is 14.1. The van der Waals surface area contributed by atoms with Gasteiger partial charge in [0.15, 0.2) is 0 Å². The average molecular weight is 819 g/mol. The van der Waals surface area contributed by atoms with Gasteiger partial charge in [-0.3, -0.25) is 24.0 Å². The first-order valence-electron chi connectivity index (χ1n) is 19.0. The quantitative estimate of drug-likeness (QED) is 0.0901. The number of carbonyl (C=O) groups excluding carboxylic acids is 7. The Morgan fingerprint density at radius 1 is 0.737 bits per heavy atom. The van der Waals surface area contributed by atoms with Crippen molar-refractivity contribution in [2.24, 2.45) is 17.8 Å². The molecule has 6 amide bonds. The van der Waals surface area contributed by atoms with Gasteiger partial charge in [-0.25, -0.2) is 14.0 Å². The van der Waals surface area contributed by atoms with Crippen LogP contribution >= 0.6 is 11.3 Å². The summed E-state index contributed by atoms with van der Waals surface area (Å²) in [6.07, 6.45) is -0.386. The third-order valence-corrected chi connectivity index (χ3v) is 10.0. The maximum atomic E-state index is 13.5. The van der Waals surface area contributed by atoms with Crippen LogP contribution < -0.4 is 31.9 Å². The first kappa shape index (κ1) is 48.1. The molecule has 316 valence electrons. The zero-order valence-electron chi connectivity index (χ0n) is 34.9. The van der Waals surface area contributed by atoms with Gasteiger partial charge in [-0.1, -0.05) is 60.6 Å². The lowest BCUT2D eigenvalue weighted by Crippen LogP contribution is -2.60. The number of hydrogen-bond acceptors (Lipinski definition) is 10. The van der Waals surface area contributed by atoms with Gasteiger partial charge < -0.3 is 41.4 Å². The summed E-state index contributed by atoms with van der Waals surface area (Å²) in [6, 6.07) is 2.51. The van der Waals surface area contributed by atoms with E-state index >= 15 is 0 Å². The summed E-state index contributed by atoms with van der Waals surface area (Å²) in [5.74, 6) is -5.65. The zero-order valence-corrected chi connectivity index (χ0v) is 35.7. The number of methoxy groups -OCH3 is 1. The number of benzene rings is 1. The molecule has 1 aromatic carbocycles. The normalized spacial score (nSPS) is 13.5. The molecule has 0 aliphatic heterocycles. The van der Waals surface area contributed by atoms with Crippen molar-refractivity contribution < 1.29 is 47.4 Å². The lowest BCUT2D eigenvalue weighted by molar-refractivity contribution is -0.134. The SMILES string of the molecule is CCC(C(=O)Nc1sc(C(=O)NCCNC(=O)[C@@H](NC(=O)[C@@H](NC(=O)[C@@H](NC(=O)OC(C)(C)C)C(C)C)C(C)C)C(C)C)c(C)c1C(=O)OC)c1ccc(F)cc1. The van der Waals surface area contributed by atoms with Crippen LogP contribution in [0.5, 0.6) is 0 Å². The van der Waals surface area contributed by atoms with E-state index in [1.807, 2.05) is 0 Å². The van der Waals surface area contributed by atoms with E-state index in [-0.39, 0.29) is 51.8 Å². The smallest absolute Gasteiger partial charge is 0.408 e. The summed E-state index contributed by atoms with van der Waals surface area (Å²) in [5, 5.41) is 16.3. The van der Waals surface area contributed by atoms with Crippen LogP contribution in [0.1, 0.15) is 113 Å². The van der Waals surface area contributed by atoms with Crippen LogP contribution in [0.3, 0.4) is 0 Å². The molecule has 2 rings (SSSR count). The molecule has 15 nitrogen and oxygen atoms in total. The molecule has 0 fully saturated rings. The molecule has 0 saturated carbocycles. The van der Waals surface area contributed by atoms with Crippen LogP contribution in [-0.4, -0.2) is 85.5 Å². The number of carbonyl (C=O) groups is 7. The van der Waals surface area contributed by atoms with Gasteiger partial charge in [-0.05, 0) is 75.1 Å². The van der Waals surface area contributed by atoms with E-state index in [2.05, 4.69) is 31.9 Å². The summed E-state index contributed by atoms with van der Waals surface area (Å²) < 4.78 is 23.7. The predicted octanol–water partition coefficient (Wildman–Crippen LogP) is 4.79. The van der Waals surface area contributed by atoms with Gasteiger partial charge in [0, 0.05) is 13.1 Å². The Hall–Kier alpha value is -5.06. The molecule has 1 heterocycles. The van der Waals surface area contributed by atoms with Gasteiger partial charge >= 0.3 is 12.1 Å². The number of anilines is 1. The highest BCUT2D eigenvalue weighted by atomic mass is 32.1. The van der Waals surface area contributed by atoms with Crippen LogP contribution in [0.15, 0.2) is 24.3 Å². The second kappa shape index (κ2) is 21.5. The lowest BCUT2D eigenvalue weighted by Gasteiger charge is -2.29. The highest BCUT2D eigenvalue weighted by molar-refractivity contribution is 7.18. The Bertz CT molecular complexity index is 1750. The number of hydrogen-bond donors (Lipinski definition) is 6. The molecule has 2 aromatic rings. The van der Waals surface area contributed by atoms with Gasteiger partial charge in [0.25, 0.3) is 5.91 Å². The molecule has 0 saturated heterocycles. The van der Waals surface area contributed by atoms with Crippen LogP contribution in [0.4, 0.5) is 14.2 Å². The number of thiophene rings is 1. The van der Waals surface area contributed by atoms with Gasteiger partial charge in [0.05, 0.1) is 23.5 Å². The van der Waals surface area contributed by atoms with Gasteiger partial charge in [0.1, 0.15) is 34.5 Å². The lowest BCUT2D eigenvalue weighted by atomic mass is 9.95. The molecule has 0 aliphatic rings. The molecule has 0 spiro atoms. The molecule has 1 unspecified atom stereocenters. The molecule has 6 N–H and O–H groups in total. The number of halogens is 1. The molecule has 57 heavy (non-hydrogen) atoms. The monoisotopic (exact) mass is 818 g/mol. The fourth-order valence-corrected chi connectivity index (χ4v) is 6.82. The topological polar surface area (TPSA) is 210 Å². The maximum Gasteiger partial charge on any atom is 0.408 e. The standard InChI is InChI=1S/C40H59FN6O9S/c1-13-26(24-14-16-25(41)17-15-24)32(48)47-37-27(38(53)55-12)23(8)31(57-37)36(52)43-19-18-42-33(49)28(20(2)3)44-34(50)29(21(4)5)45-35(51)30(22(6)7)46-39(54)56-40(9,10)11/h14-17,20-22,26,28-30H,13,18-19H2,1-12H3,(H,42,49)(H,43,52)(H,44,50)(H,45,51)(H,46,54)(H,47,48)/t26?,28-,29-,30-/m0/s1. The van der Waals surface area contributed by atoms with Crippen molar-refractivity contribution in [3.63, 3.8) is 0 Å². The van der Waals surface area contributed by atoms with Gasteiger partial charge in [-0.2, -0.15) is 0 Å². The Balaban J connectivity index is 2.10. The largest absolute Gasteiger partial charge is 0.465 e. The molecule has 0 aliphatic carbocycles. The minimum atomic E-state index is -1.04. The van der Waals surface area contributed by atoms with Crippen molar-refractivity contribution in [2.45, 2.75) is 112 Å². The van der Waals surface area contributed by atoms with Crippen molar-refractivity contribution in [2.75, 3.05) is 25.5 Å². The highest BCUT2D eigenvalue weighted by Crippen LogP contribution is 2.35. The van der Waals surface area contributed by atoms with E-state index in [0.717, 1.165) is 11.3 Å². The number of nitrogens with one attached hydrogen (secondary N) is 6. The average Bonchev–Trinajstić information content (AvgIpc) is 3.44. The molecular formula is C40H59FN6O9S. The number of amides is 6. The summed E-state index contributed by atoms with van der Waals surface area (Å²) in [7, 11) is 1.18. The van der Waals surface area contributed by atoms with E-state index in [0.29, 0.717) is 12.0 Å². The minimum absolute atomic E-state index is 0.0197. The second-order valence-corrected chi connectivity index (χ2v) is 16.6. The molecule has 1 aromatic heterocycles. The Kier molecular flexibility index (Phi) is 18.1. The van der Waals surface area contributed by atoms with E-state index in [4.69, 9.17) is 9.47 Å². The van der Waals surface area contributed by atoms with Gasteiger partial charge in [-0.15, -0.1) is 11.3 Å². The molecular weight excluding hydrogens is 760 g/mol. The first-order chi connectivity index (χ1) is 26.5. The van der Waals surface area contributed by atoms with E-state index in [1.54, 1.807) is 76.2 Å². The summed E-state index contributed by atoms with van der Waals surface area (Å²) in [6.45, 7) is 18.8. The third-order valence-electron chi connectivity index (χ3n) is 8.80. The van der Waals surface area contributed by atoms with Crippen molar-refractivity contribution in [3.05, 3.63) is 51.7 Å². The van der Waals surface area contributed by atoms with Crippen molar-refractivity contribution >= 4 is 57.9 Å². The van der Waals surface area contributed by atoms with E-state index < -0.39 is 77.1 Å². The van der Waals surface area contributed by atoms with E-state index in [1.165, 1.54) is 31.4 Å². The summed E-state index contributed by atoms with van der Waals surface area (Å²) in [5.41, 5.74) is 0.110. The molecule has 4 atom stereocenters. The highest BCUT2D eigenvalue weighted by Gasteiger charge is 2.34. The van der Waals surface area contributed by atoms with Crippen LogP contribution in [0.25, 0.3) is 0 Å². The summed E-state index contributed by atoms with van der Waals surface area (Å²) >= 11 is 0.892. The minimum Gasteiger partial charge on any atom is -0.465 e. The van der Waals surface area contributed by atoms with E-state index in [9.17, 15) is 38.0 Å². The predicted molar refractivity (Wildman–Crippen MR) is 215 cm³/mol. The Morgan fingerprint density at radius 2 is 1.23 bits per heavy atom. The van der Waals surface area contributed by atoms with Crippen LogP contribution in [0, 0.1) is 30.5 Å². The van der Waals surface area contributed by atoms with Crippen LogP contribution in [0.2, 0.25) is 0 Å². The fraction of sp³-hybridized carbons (Fsp3) is 0.575. The van der Waals surface area contributed by atoms with Gasteiger partial charge in [0.2, 0.25) is 23.6 Å². The van der Waals surface area contributed by atoms with Crippen LogP contribution in [-0.2, 0) is 28.7 Å². The fourth-order valence-electron chi connectivity index (χ4n) is 5.71. The molecule has 17 heteroatoms. The Labute approximate surface area is 338 Å². The van der Waals surface area contributed by atoms with Crippen molar-refractivity contribution in [1.82, 2.24) is 26.6 Å².